The summed E-state index contributed by atoms with van der Waals surface area (Å²) in [6, 6.07) is 0.305. The lowest BCUT2D eigenvalue weighted by molar-refractivity contribution is 0.376. The van der Waals surface area contributed by atoms with Crippen LogP contribution in [-0.2, 0) is 13.0 Å². The summed E-state index contributed by atoms with van der Waals surface area (Å²) < 4.78 is 7.09. The fraction of sp³-hybridized carbons (Fsp3) is 0.455. The van der Waals surface area contributed by atoms with Gasteiger partial charge in [0.15, 0.2) is 0 Å². The molecule has 0 aliphatic carbocycles. The first-order valence-electron chi connectivity index (χ1n) is 5.73. The second-order valence-electron chi connectivity index (χ2n) is 3.62. The molecule has 2 rings (SSSR count). The molecule has 2 aromatic rings. The van der Waals surface area contributed by atoms with Crippen molar-refractivity contribution in [2.45, 2.75) is 19.9 Å². The van der Waals surface area contributed by atoms with Gasteiger partial charge in [0.05, 0.1) is 13.5 Å². The average molecular weight is 248 g/mol. The lowest BCUT2D eigenvalue weighted by Gasteiger charge is -2.06. The lowest BCUT2D eigenvalue weighted by Crippen LogP contribution is -2.09. The van der Waals surface area contributed by atoms with E-state index in [1.165, 1.54) is 7.11 Å². The molecule has 7 heteroatoms. The molecule has 0 unspecified atom stereocenters. The molecule has 0 bridgehead atoms. The molecule has 18 heavy (non-hydrogen) atoms. The molecule has 96 valence electrons. The van der Waals surface area contributed by atoms with E-state index >= 15 is 0 Å². The van der Waals surface area contributed by atoms with Crippen LogP contribution in [0.15, 0.2) is 12.4 Å². The van der Waals surface area contributed by atoms with Gasteiger partial charge in [-0.2, -0.15) is 15.0 Å². The molecule has 0 amide bonds. The Labute approximate surface area is 105 Å². The number of nitrogens with zero attached hydrogens (tertiary/aromatic N) is 5. The van der Waals surface area contributed by atoms with Crippen LogP contribution in [0.1, 0.15) is 18.6 Å². The van der Waals surface area contributed by atoms with Crippen molar-refractivity contribution >= 4 is 5.95 Å². The predicted octanol–water partition coefficient (Wildman–Crippen LogP) is 0.729. The summed E-state index contributed by atoms with van der Waals surface area (Å²) in [4.78, 5) is 16.8. The van der Waals surface area contributed by atoms with Crippen LogP contribution in [0.4, 0.5) is 5.95 Å². The van der Waals surface area contributed by atoms with Crippen molar-refractivity contribution in [2.75, 3.05) is 19.5 Å². The molecule has 7 nitrogen and oxygen atoms in total. The van der Waals surface area contributed by atoms with Crippen molar-refractivity contribution in [1.29, 1.82) is 0 Å². The molecule has 0 aromatic carbocycles. The highest BCUT2D eigenvalue weighted by Gasteiger charge is 2.09. The van der Waals surface area contributed by atoms with Gasteiger partial charge in [0, 0.05) is 26.0 Å². The highest BCUT2D eigenvalue weighted by Crippen LogP contribution is 2.10. The van der Waals surface area contributed by atoms with Crippen molar-refractivity contribution in [3.8, 4) is 6.01 Å². The smallest absolute Gasteiger partial charge is 0.321 e. The van der Waals surface area contributed by atoms with E-state index in [1.54, 1.807) is 13.2 Å². The molecule has 0 atom stereocenters. The van der Waals surface area contributed by atoms with Crippen LogP contribution in [-0.4, -0.2) is 38.7 Å². The number of hydrogen-bond donors (Lipinski definition) is 1. The van der Waals surface area contributed by atoms with E-state index in [9.17, 15) is 0 Å². The summed E-state index contributed by atoms with van der Waals surface area (Å²) in [5.74, 6) is 2.05. The van der Waals surface area contributed by atoms with Gasteiger partial charge in [-0.25, -0.2) is 4.98 Å². The van der Waals surface area contributed by atoms with Gasteiger partial charge in [-0.3, -0.25) is 0 Å². The minimum Gasteiger partial charge on any atom is -0.467 e. The number of imidazole rings is 1. The van der Waals surface area contributed by atoms with Crippen LogP contribution < -0.4 is 10.1 Å². The van der Waals surface area contributed by atoms with Crippen molar-refractivity contribution < 1.29 is 4.74 Å². The Balaban J connectivity index is 2.28. The molecular weight excluding hydrogens is 232 g/mol. The molecule has 0 saturated heterocycles. The molecule has 2 aromatic heterocycles. The molecule has 0 fully saturated rings. The van der Waals surface area contributed by atoms with E-state index in [2.05, 4.69) is 36.7 Å². The SMILES string of the molecule is CCn1ccnc1Cc1nc(NC)nc(OC)n1. The zero-order chi connectivity index (χ0) is 13.0. The third-order valence-electron chi connectivity index (χ3n) is 2.53. The van der Waals surface area contributed by atoms with E-state index in [0.717, 1.165) is 12.4 Å². The summed E-state index contributed by atoms with van der Waals surface area (Å²) in [5.41, 5.74) is 0. The standard InChI is InChI=1S/C11H16N6O/c1-4-17-6-5-13-9(17)7-8-14-10(12-2)16-11(15-8)18-3/h5-6H,4,7H2,1-3H3,(H,12,14,15,16). The lowest BCUT2D eigenvalue weighted by atomic mass is 10.4. The largest absolute Gasteiger partial charge is 0.467 e. The van der Waals surface area contributed by atoms with Crippen molar-refractivity contribution in [2.24, 2.45) is 0 Å². The van der Waals surface area contributed by atoms with E-state index in [-0.39, 0.29) is 0 Å². The Morgan fingerprint density at radius 1 is 1.33 bits per heavy atom. The van der Waals surface area contributed by atoms with Crippen LogP contribution in [0.3, 0.4) is 0 Å². The van der Waals surface area contributed by atoms with Crippen molar-refractivity contribution in [3.05, 3.63) is 24.0 Å². The van der Waals surface area contributed by atoms with Gasteiger partial charge < -0.3 is 14.6 Å². The summed E-state index contributed by atoms with van der Waals surface area (Å²) in [5, 5.41) is 2.88. The maximum Gasteiger partial charge on any atom is 0.321 e. The molecule has 2 heterocycles. The first-order chi connectivity index (χ1) is 8.76. The molecule has 0 radical (unpaired) electrons. The minimum atomic E-state index is 0.305. The van der Waals surface area contributed by atoms with Crippen LogP contribution in [0.25, 0.3) is 0 Å². The molecule has 0 saturated carbocycles. The Hall–Kier alpha value is -2.18. The second-order valence-corrected chi connectivity index (χ2v) is 3.62. The molecule has 0 spiro atoms. The Morgan fingerprint density at radius 3 is 2.83 bits per heavy atom. The molecule has 1 N–H and O–H groups in total. The van der Waals surface area contributed by atoms with Crippen molar-refractivity contribution in [3.63, 3.8) is 0 Å². The van der Waals surface area contributed by atoms with Gasteiger partial charge in [-0.05, 0) is 6.92 Å². The normalized spacial score (nSPS) is 10.4. The fourth-order valence-corrected chi connectivity index (χ4v) is 1.62. The van der Waals surface area contributed by atoms with Crippen molar-refractivity contribution in [1.82, 2.24) is 24.5 Å². The number of methoxy groups -OCH3 is 1. The van der Waals surface area contributed by atoms with Gasteiger partial charge in [-0.15, -0.1) is 0 Å². The number of ether oxygens (including phenoxy) is 1. The number of rotatable bonds is 5. The minimum absolute atomic E-state index is 0.305. The average Bonchev–Trinajstić information content (AvgIpc) is 2.85. The van der Waals surface area contributed by atoms with E-state index in [4.69, 9.17) is 4.74 Å². The van der Waals surface area contributed by atoms with E-state index < -0.39 is 0 Å². The number of anilines is 1. The third kappa shape index (κ3) is 2.55. The summed E-state index contributed by atoms with van der Waals surface area (Å²) in [6.45, 7) is 2.94. The maximum absolute atomic E-state index is 5.04. The summed E-state index contributed by atoms with van der Waals surface area (Å²) in [6.07, 6.45) is 4.26. The highest BCUT2D eigenvalue weighted by molar-refractivity contribution is 5.25. The highest BCUT2D eigenvalue weighted by atomic mass is 16.5. The van der Waals surface area contributed by atoms with Gasteiger partial charge in [-0.1, -0.05) is 0 Å². The predicted molar refractivity (Wildman–Crippen MR) is 66.6 cm³/mol. The van der Waals surface area contributed by atoms with Gasteiger partial charge in [0.1, 0.15) is 11.6 Å². The number of hydrogen-bond acceptors (Lipinski definition) is 6. The fourth-order valence-electron chi connectivity index (χ4n) is 1.62. The monoisotopic (exact) mass is 248 g/mol. The number of aromatic nitrogens is 5. The Kier molecular flexibility index (Phi) is 3.71. The quantitative estimate of drug-likeness (QED) is 0.840. The first kappa shape index (κ1) is 12.3. The van der Waals surface area contributed by atoms with E-state index in [0.29, 0.717) is 24.2 Å². The Bertz CT molecular complexity index is 502. The second kappa shape index (κ2) is 5.44. The zero-order valence-electron chi connectivity index (χ0n) is 10.7. The van der Waals surface area contributed by atoms with Gasteiger partial charge >= 0.3 is 6.01 Å². The third-order valence-corrected chi connectivity index (χ3v) is 2.53. The van der Waals surface area contributed by atoms with Crippen LogP contribution in [0, 0.1) is 0 Å². The van der Waals surface area contributed by atoms with E-state index in [1.807, 2.05) is 6.20 Å². The number of aryl methyl sites for hydroxylation is 1. The van der Waals surface area contributed by atoms with Gasteiger partial charge in [0.2, 0.25) is 5.95 Å². The molecule has 0 aliphatic heterocycles. The maximum atomic E-state index is 5.04. The van der Waals surface area contributed by atoms with Crippen LogP contribution in [0.5, 0.6) is 6.01 Å². The van der Waals surface area contributed by atoms with Gasteiger partial charge in [0.25, 0.3) is 0 Å². The zero-order valence-corrected chi connectivity index (χ0v) is 10.7. The topological polar surface area (TPSA) is 77.8 Å². The first-order valence-corrected chi connectivity index (χ1v) is 5.73. The summed E-state index contributed by atoms with van der Waals surface area (Å²) in [7, 11) is 3.29. The number of nitrogens with one attached hydrogen (secondary N) is 1. The summed E-state index contributed by atoms with van der Waals surface area (Å²) >= 11 is 0. The van der Waals surface area contributed by atoms with Crippen LogP contribution in [0.2, 0.25) is 0 Å². The molecular formula is C11H16N6O. The molecule has 0 aliphatic rings. The van der Waals surface area contributed by atoms with Crippen LogP contribution >= 0.6 is 0 Å². The Morgan fingerprint density at radius 2 is 2.17 bits per heavy atom.